The molecule has 0 amide bonds. The second-order valence-corrected chi connectivity index (χ2v) is 6.11. The summed E-state index contributed by atoms with van der Waals surface area (Å²) in [4.78, 5) is 8.86. The van der Waals surface area contributed by atoms with Gasteiger partial charge in [-0.15, -0.1) is 0 Å². The van der Waals surface area contributed by atoms with Crippen LogP contribution in [-0.2, 0) is 13.1 Å². The molecule has 0 fully saturated rings. The average Bonchev–Trinajstić information content (AvgIpc) is 2.60. The third-order valence-electron chi connectivity index (χ3n) is 3.60. The zero-order valence-electron chi connectivity index (χ0n) is 13.8. The Kier molecular flexibility index (Phi) is 5.46. The molecule has 2 N–H and O–H groups in total. The molecule has 0 bridgehead atoms. The van der Waals surface area contributed by atoms with Crippen molar-refractivity contribution in [1.29, 1.82) is 0 Å². The number of halogens is 2. The molecule has 3 rings (SSSR count). The topological polar surface area (TPSA) is 49.8 Å². The molecule has 0 aliphatic carbocycles. The Balaban J connectivity index is 1.63. The van der Waals surface area contributed by atoms with Gasteiger partial charge in [-0.3, -0.25) is 0 Å². The summed E-state index contributed by atoms with van der Waals surface area (Å²) < 4.78 is 12.9. The van der Waals surface area contributed by atoms with Crippen LogP contribution in [0.5, 0.6) is 0 Å². The highest BCUT2D eigenvalue weighted by Gasteiger charge is 2.03. The van der Waals surface area contributed by atoms with E-state index < -0.39 is 0 Å². The first-order chi connectivity index (χ1) is 12.1. The number of benzene rings is 2. The van der Waals surface area contributed by atoms with Gasteiger partial charge < -0.3 is 10.6 Å². The maximum atomic E-state index is 12.9. The Morgan fingerprint density at radius 2 is 1.48 bits per heavy atom. The molecule has 6 heteroatoms. The number of anilines is 2. The Morgan fingerprint density at radius 1 is 0.880 bits per heavy atom. The Bertz CT molecular complexity index is 767. The maximum Gasteiger partial charge on any atom is 0.225 e. The molecule has 0 saturated carbocycles. The van der Waals surface area contributed by atoms with Crippen molar-refractivity contribution < 1.29 is 4.39 Å². The van der Waals surface area contributed by atoms with Crippen molar-refractivity contribution in [2.45, 2.75) is 20.0 Å². The van der Waals surface area contributed by atoms with Gasteiger partial charge in [0.2, 0.25) is 5.95 Å². The molecule has 0 saturated heterocycles. The van der Waals surface area contributed by atoms with Gasteiger partial charge in [-0.25, -0.2) is 9.37 Å². The highest BCUT2D eigenvalue weighted by molar-refractivity contribution is 6.30. The number of nitrogens with one attached hydrogen (secondary N) is 2. The third-order valence-corrected chi connectivity index (χ3v) is 3.86. The zero-order valence-corrected chi connectivity index (χ0v) is 14.5. The van der Waals surface area contributed by atoms with Crippen LogP contribution in [0, 0.1) is 12.7 Å². The molecule has 0 radical (unpaired) electrons. The van der Waals surface area contributed by atoms with E-state index in [4.69, 9.17) is 11.6 Å². The quantitative estimate of drug-likeness (QED) is 0.666. The number of hydrogen-bond donors (Lipinski definition) is 2. The molecule has 0 aliphatic heterocycles. The first-order valence-corrected chi connectivity index (χ1v) is 8.28. The van der Waals surface area contributed by atoms with Crippen LogP contribution in [0.15, 0.2) is 54.6 Å². The normalized spacial score (nSPS) is 10.5. The van der Waals surface area contributed by atoms with Crippen molar-refractivity contribution in [2.24, 2.45) is 0 Å². The molecule has 128 valence electrons. The third kappa shape index (κ3) is 5.16. The van der Waals surface area contributed by atoms with Crippen LogP contribution in [-0.4, -0.2) is 9.97 Å². The van der Waals surface area contributed by atoms with Crippen LogP contribution in [0.1, 0.15) is 16.8 Å². The fraction of sp³-hybridized carbons (Fsp3) is 0.158. The van der Waals surface area contributed by atoms with Crippen LogP contribution in [0.25, 0.3) is 0 Å². The van der Waals surface area contributed by atoms with Gasteiger partial charge in [0.1, 0.15) is 11.6 Å². The van der Waals surface area contributed by atoms with Crippen molar-refractivity contribution in [2.75, 3.05) is 10.6 Å². The van der Waals surface area contributed by atoms with Crippen LogP contribution in [0.3, 0.4) is 0 Å². The Labute approximate surface area is 151 Å². The van der Waals surface area contributed by atoms with E-state index in [0.29, 0.717) is 24.1 Å². The van der Waals surface area contributed by atoms with Crippen molar-refractivity contribution in [3.8, 4) is 0 Å². The molecular formula is C19H18ClFN4. The molecule has 0 atom stereocenters. The zero-order chi connectivity index (χ0) is 17.6. The highest BCUT2D eigenvalue weighted by atomic mass is 35.5. The fourth-order valence-electron chi connectivity index (χ4n) is 2.32. The van der Waals surface area contributed by atoms with E-state index in [-0.39, 0.29) is 5.82 Å². The van der Waals surface area contributed by atoms with E-state index in [1.807, 2.05) is 37.3 Å². The monoisotopic (exact) mass is 356 g/mol. The fourth-order valence-corrected chi connectivity index (χ4v) is 2.44. The van der Waals surface area contributed by atoms with Crippen LogP contribution >= 0.6 is 11.6 Å². The van der Waals surface area contributed by atoms with Gasteiger partial charge in [-0.1, -0.05) is 35.9 Å². The van der Waals surface area contributed by atoms with Crippen molar-refractivity contribution in [3.05, 3.63) is 82.3 Å². The Hall–Kier alpha value is -2.66. The summed E-state index contributed by atoms with van der Waals surface area (Å²) in [5.41, 5.74) is 2.93. The predicted octanol–water partition coefficient (Wildman–Crippen LogP) is 4.80. The summed E-state index contributed by atoms with van der Waals surface area (Å²) >= 11 is 5.89. The van der Waals surface area contributed by atoms with E-state index in [2.05, 4.69) is 20.6 Å². The van der Waals surface area contributed by atoms with Crippen molar-refractivity contribution in [3.63, 3.8) is 0 Å². The van der Waals surface area contributed by atoms with Gasteiger partial charge in [0, 0.05) is 29.9 Å². The summed E-state index contributed by atoms with van der Waals surface area (Å²) in [5.74, 6) is 1.03. The SMILES string of the molecule is Cc1cc(NCc2ccc(F)cc2)nc(NCc2ccc(Cl)cc2)n1. The molecular weight excluding hydrogens is 339 g/mol. The lowest BCUT2D eigenvalue weighted by molar-refractivity contribution is 0.627. The van der Waals surface area contributed by atoms with E-state index >= 15 is 0 Å². The maximum absolute atomic E-state index is 12.9. The van der Waals surface area contributed by atoms with Crippen LogP contribution in [0.4, 0.5) is 16.2 Å². The minimum Gasteiger partial charge on any atom is -0.366 e. The molecule has 0 spiro atoms. The summed E-state index contributed by atoms with van der Waals surface area (Å²) in [6.45, 7) is 3.09. The molecule has 3 aromatic rings. The summed E-state index contributed by atoms with van der Waals surface area (Å²) in [6.07, 6.45) is 0. The highest BCUT2D eigenvalue weighted by Crippen LogP contribution is 2.14. The number of aryl methyl sites for hydroxylation is 1. The largest absolute Gasteiger partial charge is 0.366 e. The van der Waals surface area contributed by atoms with Crippen molar-refractivity contribution in [1.82, 2.24) is 9.97 Å². The molecule has 0 aliphatic rings. The molecule has 1 aromatic heterocycles. The molecule has 1 heterocycles. The summed E-state index contributed by atoms with van der Waals surface area (Å²) in [6, 6.07) is 15.9. The van der Waals surface area contributed by atoms with E-state index in [9.17, 15) is 4.39 Å². The standard InChI is InChI=1S/C19H18ClFN4/c1-13-10-18(22-11-15-4-8-17(21)9-5-15)25-19(24-13)23-12-14-2-6-16(20)7-3-14/h2-10H,11-12H2,1H3,(H2,22,23,24,25). The van der Waals surface area contributed by atoms with Crippen LogP contribution in [0.2, 0.25) is 5.02 Å². The second-order valence-electron chi connectivity index (χ2n) is 5.68. The lowest BCUT2D eigenvalue weighted by atomic mass is 10.2. The first kappa shape index (κ1) is 17.2. The smallest absolute Gasteiger partial charge is 0.225 e. The molecule has 2 aromatic carbocycles. The molecule has 4 nitrogen and oxygen atoms in total. The lowest BCUT2D eigenvalue weighted by Gasteiger charge is -2.10. The van der Waals surface area contributed by atoms with E-state index in [0.717, 1.165) is 22.6 Å². The summed E-state index contributed by atoms with van der Waals surface area (Å²) in [7, 11) is 0. The van der Waals surface area contributed by atoms with Gasteiger partial charge in [-0.2, -0.15) is 4.98 Å². The minimum absolute atomic E-state index is 0.240. The molecule has 25 heavy (non-hydrogen) atoms. The van der Waals surface area contributed by atoms with Gasteiger partial charge in [0.05, 0.1) is 0 Å². The number of rotatable bonds is 6. The Morgan fingerprint density at radius 3 is 2.16 bits per heavy atom. The lowest BCUT2D eigenvalue weighted by Crippen LogP contribution is -2.08. The molecule has 0 unspecified atom stereocenters. The number of nitrogens with zero attached hydrogens (tertiary/aromatic N) is 2. The van der Waals surface area contributed by atoms with Gasteiger partial charge in [-0.05, 0) is 42.3 Å². The second kappa shape index (κ2) is 7.94. The first-order valence-electron chi connectivity index (χ1n) is 7.91. The van der Waals surface area contributed by atoms with Crippen molar-refractivity contribution >= 4 is 23.4 Å². The van der Waals surface area contributed by atoms with E-state index in [1.165, 1.54) is 12.1 Å². The van der Waals surface area contributed by atoms with Gasteiger partial charge >= 0.3 is 0 Å². The van der Waals surface area contributed by atoms with Gasteiger partial charge in [0.25, 0.3) is 0 Å². The van der Waals surface area contributed by atoms with E-state index in [1.54, 1.807) is 12.1 Å². The van der Waals surface area contributed by atoms with Crippen LogP contribution < -0.4 is 10.6 Å². The predicted molar refractivity (Wildman–Crippen MR) is 99.3 cm³/mol. The van der Waals surface area contributed by atoms with Gasteiger partial charge in [0.15, 0.2) is 0 Å². The summed E-state index contributed by atoms with van der Waals surface area (Å²) in [5, 5.41) is 7.16. The minimum atomic E-state index is -0.240. The number of aromatic nitrogens is 2. The average molecular weight is 357 g/mol. The number of hydrogen-bond acceptors (Lipinski definition) is 4.